The van der Waals surface area contributed by atoms with Crippen molar-refractivity contribution in [3.63, 3.8) is 0 Å². The number of nitrogens with one attached hydrogen (secondary N) is 1. The summed E-state index contributed by atoms with van der Waals surface area (Å²) < 4.78 is 13.7. The molecular weight excluding hydrogens is 235 g/mol. The normalized spacial score (nSPS) is 19.2. The monoisotopic (exact) mass is 254 g/mol. The number of hydrogen-bond acceptors (Lipinski definition) is 3. The molecule has 0 aromatic carbocycles. The third kappa shape index (κ3) is 3.42. The molecule has 2 rings (SSSR count). The van der Waals surface area contributed by atoms with Gasteiger partial charge in [0.25, 0.3) is 0 Å². The fraction of sp³-hybridized carbons (Fsp3) is 0.615. The molecule has 2 nitrogen and oxygen atoms in total. The Morgan fingerprint density at radius 1 is 1.53 bits per heavy atom. The molecule has 2 heterocycles. The first-order chi connectivity index (χ1) is 8.31. The molecule has 0 saturated carbocycles. The van der Waals surface area contributed by atoms with E-state index in [1.807, 2.05) is 18.8 Å². The lowest BCUT2D eigenvalue weighted by molar-refractivity contribution is 0.376. The van der Waals surface area contributed by atoms with Gasteiger partial charge < -0.3 is 5.32 Å². The smallest absolute Gasteiger partial charge is 0.146 e. The number of halogens is 1. The van der Waals surface area contributed by atoms with E-state index in [4.69, 9.17) is 0 Å². The minimum atomic E-state index is -0.197. The van der Waals surface area contributed by atoms with Gasteiger partial charge in [0, 0.05) is 17.8 Å². The highest BCUT2D eigenvalue weighted by atomic mass is 32.2. The summed E-state index contributed by atoms with van der Waals surface area (Å²) in [6.07, 6.45) is 6.51. The molecule has 0 radical (unpaired) electrons. The lowest BCUT2D eigenvalue weighted by Gasteiger charge is -2.26. The summed E-state index contributed by atoms with van der Waals surface area (Å²) in [5, 5.41) is 3.23. The van der Waals surface area contributed by atoms with Gasteiger partial charge in [-0.15, -0.1) is 0 Å². The first kappa shape index (κ1) is 12.8. The van der Waals surface area contributed by atoms with Crippen molar-refractivity contribution in [3.8, 4) is 0 Å². The van der Waals surface area contributed by atoms with Gasteiger partial charge in [-0.2, -0.15) is 11.8 Å². The third-order valence-corrected chi connectivity index (χ3v) is 4.49. The third-order valence-electron chi connectivity index (χ3n) is 3.44. The number of rotatable bonds is 4. The minimum absolute atomic E-state index is 0.117. The van der Waals surface area contributed by atoms with Gasteiger partial charge in [0.1, 0.15) is 5.82 Å². The van der Waals surface area contributed by atoms with Crippen molar-refractivity contribution < 1.29 is 4.39 Å². The maximum atomic E-state index is 13.7. The zero-order chi connectivity index (χ0) is 12.1. The van der Waals surface area contributed by atoms with Crippen LogP contribution in [0.15, 0.2) is 18.5 Å². The lowest BCUT2D eigenvalue weighted by Crippen LogP contribution is -2.23. The molecule has 1 aromatic heterocycles. The Morgan fingerprint density at radius 3 is 2.94 bits per heavy atom. The van der Waals surface area contributed by atoms with Crippen molar-refractivity contribution in [2.24, 2.45) is 5.92 Å². The van der Waals surface area contributed by atoms with Gasteiger partial charge >= 0.3 is 0 Å². The van der Waals surface area contributed by atoms with Crippen LogP contribution in [-0.4, -0.2) is 23.5 Å². The molecular formula is C13H19FN2S. The Balaban J connectivity index is 2.03. The van der Waals surface area contributed by atoms with E-state index in [0.717, 1.165) is 17.9 Å². The van der Waals surface area contributed by atoms with Gasteiger partial charge in [-0.05, 0) is 49.8 Å². The SMILES string of the molecule is CNC(CC1CCSCC1)c1ccncc1F. The second kappa shape index (κ2) is 6.36. The molecule has 1 saturated heterocycles. The molecule has 0 bridgehead atoms. The van der Waals surface area contributed by atoms with Gasteiger partial charge in [-0.1, -0.05) is 0 Å². The molecule has 1 atom stereocenters. The van der Waals surface area contributed by atoms with Crippen LogP contribution >= 0.6 is 11.8 Å². The topological polar surface area (TPSA) is 24.9 Å². The van der Waals surface area contributed by atoms with E-state index >= 15 is 0 Å². The van der Waals surface area contributed by atoms with Crippen molar-refractivity contribution in [3.05, 3.63) is 29.8 Å². The summed E-state index contributed by atoms with van der Waals surface area (Å²) in [5.74, 6) is 3.03. The van der Waals surface area contributed by atoms with Crippen molar-refractivity contribution in [1.82, 2.24) is 10.3 Å². The molecule has 1 aliphatic rings. The number of hydrogen-bond donors (Lipinski definition) is 1. The van der Waals surface area contributed by atoms with E-state index in [2.05, 4.69) is 10.3 Å². The van der Waals surface area contributed by atoms with E-state index in [1.54, 1.807) is 12.3 Å². The molecule has 1 N–H and O–H groups in total. The first-order valence-corrected chi connectivity index (χ1v) is 7.31. The Bertz CT molecular complexity index is 353. The maximum Gasteiger partial charge on any atom is 0.146 e. The van der Waals surface area contributed by atoms with Gasteiger partial charge in [-0.3, -0.25) is 4.98 Å². The summed E-state index contributed by atoms with van der Waals surface area (Å²) >= 11 is 2.03. The van der Waals surface area contributed by atoms with Crippen LogP contribution in [0, 0.1) is 11.7 Å². The van der Waals surface area contributed by atoms with Gasteiger partial charge in [-0.25, -0.2) is 4.39 Å². The van der Waals surface area contributed by atoms with E-state index in [0.29, 0.717) is 0 Å². The van der Waals surface area contributed by atoms with Crippen molar-refractivity contribution in [2.45, 2.75) is 25.3 Å². The molecule has 1 aliphatic heterocycles. The minimum Gasteiger partial charge on any atom is -0.313 e. The second-order valence-electron chi connectivity index (χ2n) is 4.53. The van der Waals surface area contributed by atoms with Crippen LogP contribution in [0.2, 0.25) is 0 Å². The average molecular weight is 254 g/mol. The van der Waals surface area contributed by atoms with Crippen molar-refractivity contribution >= 4 is 11.8 Å². The van der Waals surface area contributed by atoms with Crippen LogP contribution in [-0.2, 0) is 0 Å². The lowest BCUT2D eigenvalue weighted by atomic mass is 9.91. The van der Waals surface area contributed by atoms with Gasteiger partial charge in [0.05, 0.1) is 6.20 Å². The number of thioether (sulfide) groups is 1. The number of pyridine rings is 1. The number of nitrogens with zero attached hydrogens (tertiary/aromatic N) is 1. The molecule has 1 fully saturated rings. The predicted octanol–water partition coefficient (Wildman–Crippen LogP) is 3.01. The fourth-order valence-corrected chi connectivity index (χ4v) is 3.59. The Kier molecular flexibility index (Phi) is 4.80. The standard InChI is InChI=1S/C13H19FN2S/c1-15-13(8-10-3-6-17-7-4-10)11-2-5-16-9-12(11)14/h2,5,9-10,13,15H,3-4,6-8H2,1H3. The molecule has 0 aliphatic carbocycles. The zero-order valence-electron chi connectivity index (χ0n) is 10.2. The van der Waals surface area contributed by atoms with Crippen LogP contribution < -0.4 is 5.32 Å². The average Bonchev–Trinajstić information content (AvgIpc) is 2.38. The van der Waals surface area contributed by atoms with Crippen LogP contribution in [0.3, 0.4) is 0 Å². The van der Waals surface area contributed by atoms with Crippen LogP contribution in [0.1, 0.15) is 30.9 Å². The van der Waals surface area contributed by atoms with Crippen LogP contribution in [0.25, 0.3) is 0 Å². The van der Waals surface area contributed by atoms with E-state index in [1.165, 1.54) is 30.5 Å². The first-order valence-electron chi connectivity index (χ1n) is 6.15. The van der Waals surface area contributed by atoms with Gasteiger partial charge in [0.2, 0.25) is 0 Å². The molecule has 1 aromatic rings. The van der Waals surface area contributed by atoms with E-state index < -0.39 is 0 Å². The summed E-state index contributed by atoms with van der Waals surface area (Å²) in [6.45, 7) is 0. The number of aromatic nitrogens is 1. The molecule has 4 heteroatoms. The summed E-state index contributed by atoms with van der Waals surface area (Å²) in [5.41, 5.74) is 0.751. The highest BCUT2D eigenvalue weighted by Crippen LogP contribution is 2.31. The maximum absolute atomic E-state index is 13.7. The van der Waals surface area contributed by atoms with Crippen LogP contribution in [0.4, 0.5) is 4.39 Å². The van der Waals surface area contributed by atoms with E-state index in [9.17, 15) is 4.39 Å². The molecule has 1 unspecified atom stereocenters. The van der Waals surface area contributed by atoms with Gasteiger partial charge in [0.15, 0.2) is 0 Å². The molecule has 0 amide bonds. The van der Waals surface area contributed by atoms with Crippen molar-refractivity contribution in [2.75, 3.05) is 18.6 Å². The highest BCUT2D eigenvalue weighted by molar-refractivity contribution is 7.99. The van der Waals surface area contributed by atoms with E-state index in [-0.39, 0.29) is 11.9 Å². The highest BCUT2D eigenvalue weighted by Gasteiger charge is 2.21. The van der Waals surface area contributed by atoms with Crippen LogP contribution in [0.5, 0.6) is 0 Å². The Hall–Kier alpha value is -0.610. The fourth-order valence-electron chi connectivity index (χ4n) is 2.38. The zero-order valence-corrected chi connectivity index (χ0v) is 11.0. The quantitative estimate of drug-likeness (QED) is 0.894. The summed E-state index contributed by atoms with van der Waals surface area (Å²) in [6, 6.07) is 1.90. The molecule has 94 valence electrons. The van der Waals surface area contributed by atoms with Crippen molar-refractivity contribution in [1.29, 1.82) is 0 Å². The molecule has 17 heavy (non-hydrogen) atoms. The predicted molar refractivity (Wildman–Crippen MR) is 70.7 cm³/mol. The molecule has 0 spiro atoms. The summed E-state index contributed by atoms with van der Waals surface area (Å²) in [7, 11) is 1.90. The summed E-state index contributed by atoms with van der Waals surface area (Å²) in [4.78, 5) is 3.80. The Morgan fingerprint density at radius 2 is 2.29 bits per heavy atom. The largest absolute Gasteiger partial charge is 0.313 e. The second-order valence-corrected chi connectivity index (χ2v) is 5.75. The Labute approximate surface area is 106 Å².